The maximum atomic E-state index is 12.2. The van der Waals surface area contributed by atoms with E-state index in [9.17, 15) is 4.79 Å². The van der Waals surface area contributed by atoms with Gasteiger partial charge in [0.05, 0.1) is 0 Å². The summed E-state index contributed by atoms with van der Waals surface area (Å²) in [5.41, 5.74) is 3.91. The molecule has 2 atom stereocenters. The van der Waals surface area contributed by atoms with Crippen LogP contribution in [0.1, 0.15) is 48.5 Å². The number of fused-ring (bicyclic) bond motifs is 1. The monoisotopic (exact) mass is 332 g/mol. The lowest BCUT2D eigenvalue weighted by Crippen LogP contribution is -2.15. The van der Waals surface area contributed by atoms with Crippen LogP contribution in [-0.2, 0) is 17.6 Å². The molecule has 2 nitrogen and oxygen atoms in total. The first-order valence-corrected chi connectivity index (χ1v) is 9.31. The van der Waals surface area contributed by atoms with Crippen molar-refractivity contribution in [1.29, 1.82) is 0 Å². The third kappa shape index (κ3) is 3.68. The molecule has 0 fully saturated rings. The standard InChI is InChI=1S/C23H24O2/c24-22-12-3-1-2-9-19(22)15-17-7-6-10-20(16-17)25-23-14-13-18-8-4-5-11-21(18)23/h1-2,4-8,10-11,16,19,23H,3,9,12-15H2. The van der Waals surface area contributed by atoms with Crippen molar-refractivity contribution in [1.82, 2.24) is 0 Å². The number of rotatable bonds is 4. The van der Waals surface area contributed by atoms with Gasteiger partial charge in [-0.05, 0) is 60.9 Å². The number of ether oxygens (including phenoxy) is 1. The minimum Gasteiger partial charge on any atom is -0.486 e. The fraction of sp³-hybridized carbons (Fsp3) is 0.348. The van der Waals surface area contributed by atoms with Crippen LogP contribution in [0.2, 0.25) is 0 Å². The van der Waals surface area contributed by atoms with Crippen LogP contribution < -0.4 is 4.74 Å². The van der Waals surface area contributed by atoms with Gasteiger partial charge in [-0.15, -0.1) is 0 Å². The molecule has 2 heteroatoms. The highest BCUT2D eigenvalue weighted by molar-refractivity contribution is 5.82. The molecule has 2 aliphatic carbocycles. The van der Waals surface area contributed by atoms with Crippen LogP contribution in [0.5, 0.6) is 5.75 Å². The van der Waals surface area contributed by atoms with E-state index in [-0.39, 0.29) is 12.0 Å². The van der Waals surface area contributed by atoms with Gasteiger partial charge in [-0.25, -0.2) is 0 Å². The topological polar surface area (TPSA) is 26.3 Å². The number of carbonyl (C=O) groups is 1. The molecule has 2 aromatic rings. The van der Waals surface area contributed by atoms with Crippen LogP contribution in [0, 0.1) is 5.92 Å². The minimum absolute atomic E-state index is 0.112. The van der Waals surface area contributed by atoms with Crippen LogP contribution in [0.4, 0.5) is 0 Å². The fourth-order valence-corrected chi connectivity index (χ4v) is 3.97. The molecule has 25 heavy (non-hydrogen) atoms. The van der Waals surface area contributed by atoms with E-state index >= 15 is 0 Å². The van der Waals surface area contributed by atoms with Gasteiger partial charge in [0.15, 0.2) is 0 Å². The summed E-state index contributed by atoms with van der Waals surface area (Å²) in [7, 11) is 0. The molecule has 0 spiro atoms. The summed E-state index contributed by atoms with van der Waals surface area (Å²) < 4.78 is 6.28. The third-order valence-electron chi connectivity index (χ3n) is 5.34. The number of carbonyl (C=O) groups excluding carboxylic acids is 1. The van der Waals surface area contributed by atoms with Crippen molar-refractivity contribution in [2.45, 2.75) is 44.6 Å². The molecular weight excluding hydrogens is 308 g/mol. The molecule has 0 radical (unpaired) electrons. The van der Waals surface area contributed by atoms with E-state index in [0.29, 0.717) is 12.2 Å². The number of hydrogen-bond donors (Lipinski definition) is 0. The van der Waals surface area contributed by atoms with Crippen LogP contribution in [0.25, 0.3) is 0 Å². The molecule has 2 unspecified atom stereocenters. The molecule has 2 aromatic carbocycles. The lowest BCUT2D eigenvalue weighted by molar-refractivity contribution is -0.122. The molecule has 0 aromatic heterocycles. The second kappa shape index (κ2) is 7.26. The Morgan fingerprint density at radius 2 is 1.92 bits per heavy atom. The van der Waals surface area contributed by atoms with Crippen molar-refractivity contribution >= 4 is 5.78 Å². The van der Waals surface area contributed by atoms with Gasteiger partial charge in [-0.1, -0.05) is 48.6 Å². The van der Waals surface area contributed by atoms with E-state index in [4.69, 9.17) is 4.74 Å². The van der Waals surface area contributed by atoms with Gasteiger partial charge in [-0.3, -0.25) is 4.79 Å². The second-order valence-electron chi connectivity index (χ2n) is 7.10. The second-order valence-corrected chi connectivity index (χ2v) is 7.10. The molecule has 0 saturated carbocycles. The Kier molecular flexibility index (Phi) is 4.69. The number of ketones is 1. The quantitative estimate of drug-likeness (QED) is 0.717. The Labute approximate surface area is 149 Å². The molecule has 0 saturated heterocycles. The number of benzene rings is 2. The van der Waals surface area contributed by atoms with Crippen LogP contribution in [-0.4, -0.2) is 5.78 Å². The molecule has 0 amide bonds. The first kappa shape index (κ1) is 16.1. The van der Waals surface area contributed by atoms with Crippen molar-refractivity contribution < 1.29 is 9.53 Å². The van der Waals surface area contributed by atoms with Crippen LogP contribution >= 0.6 is 0 Å². The van der Waals surface area contributed by atoms with E-state index in [1.165, 1.54) is 16.7 Å². The van der Waals surface area contributed by atoms with Gasteiger partial charge in [0, 0.05) is 12.3 Å². The zero-order chi connectivity index (χ0) is 17.1. The lowest BCUT2D eigenvalue weighted by Gasteiger charge is -2.17. The van der Waals surface area contributed by atoms with Crippen molar-refractivity contribution in [3.8, 4) is 5.75 Å². The predicted molar refractivity (Wildman–Crippen MR) is 99.8 cm³/mol. The van der Waals surface area contributed by atoms with Gasteiger partial charge in [0.25, 0.3) is 0 Å². The summed E-state index contributed by atoms with van der Waals surface area (Å²) in [6.07, 6.45) is 9.80. The maximum absolute atomic E-state index is 12.2. The van der Waals surface area contributed by atoms with Gasteiger partial charge in [-0.2, -0.15) is 0 Å². The Bertz CT molecular complexity index is 790. The average Bonchev–Trinajstić information content (AvgIpc) is 2.92. The van der Waals surface area contributed by atoms with Gasteiger partial charge >= 0.3 is 0 Å². The SMILES string of the molecule is O=C1CCC=CCC1Cc1cccc(OC2CCc3ccccc32)c1. The summed E-state index contributed by atoms with van der Waals surface area (Å²) in [6, 6.07) is 16.8. The van der Waals surface area contributed by atoms with Crippen LogP contribution in [0.15, 0.2) is 60.7 Å². The van der Waals surface area contributed by atoms with Gasteiger partial charge in [0.1, 0.15) is 17.6 Å². The summed E-state index contributed by atoms with van der Waals surface area (Å²) in [6.45, 7) is 0. The third-order valence-corrected chi connectivity index (χ3v) is 5.34. The number of aryl methyl sites for hydroxylation is 1. The fourth-order valence-electron chi connectivity index (χ4n) is 3.97. The molecule has 2 aliphatic rings. The Morgan fingerprint density at radius 3 is 2.88 bits per heavy atom. The molecule has 128 valence electrons. The normalized spacial score (nSPS) is 22.5. The molecular formula is C23H24O2. The summed E-state index contributed by atoms with van der Waals surface area (Å²) in [5.74, 6) is 1.41. The number of allylic oxidation sites excluding steroid dienone is 2. The van der Waals surface area contributed by atoms with Crippen molar-refractivity contribution in [3.05, 3.63) is 77.4 Å². The van der Waals surface area contributed by atoms with Crippen molar-refractivity contribution in [3.63, 3.8) is 0 Å². The molecule has 0 N–H and O–H groups in total. The zero-order valence-corrected chi connectivity index (χ0v) is 14.5. The van der Waals surface area contributed by atoms with E-state index in [0.717, 1.165) is 37.9 Å². The molecule has 0 aliphatic heterocycles. The van der Waals surface area contributed by atoms with E-state index in [2.05, 4.69) is 48.6 Å². The first-order valence-electron chi connectivity index (χ1n) is 9.31. The van der Waals surface area contributed by atoms with Gasteiger partial charge in [0.2, 0.25) is 0 Å². The summed E-state index contributed by atoms with van der Waals surface area (Å²) >= 11 is 0. The highest BCUT2D eigenvalue weighted by Gasteiger charge is 2.24. The molecule has 4 rings (SSSR count). The largest absolute Gasteiger partial charge is 0.486 e. The highest BCUT2D eigenvalue weighted by Crippen LogP contribution is 2.35. The summed E-state index contributed by atoms with van der Waals surface area (Å²) in [4.78, 5) is 12.2. The van der Waals surface area contributed by atoms with E-state index in [1.54, 1.807) is 0 Å². The van der Waals surface area contributed by atoms with Gasteiger partial charge < -0.3 is 4.74 Å². The Hall–Kier alpha value is -2.35. The van der Waals surface area contributed by atoms with Crippen LogP contribution in [0.3, 0.4) is 0 Å². The Morgan fingerprint density at radius 1 is 1.00 bits per heavy atom. The van der Waals surface area contributed by atoms with Crippen molar-refractivity contribution in [2.24, 2.45) is 5.92 Å². The molecule has 0 bridgehead atoms. The number of hydrogen-bond acceptors (Lipinski definition) is 2. The number of Topliss-reactive ketones (excluding diaryl/α,β-unsaturated/α-hetero) is 1. The van der Waals surface area contributed by atoms with E-state index in [1.807, 2.05) is 12.1 Å². The lowest BCUT2D eigenvalue weighted by atomic mass is 9.91. The first-order chi connectivity index (χ1) is 12.3. The highest BCUT2D eigenvalue weighted by atomic mass is 16.5. The van der Waals surface area contributed by atoms with Crippen molar-refractivity contribution in [2.75, 3.05) is 0 Å². The smallest absolute Gasteiger partial charge is 0.136 e. The zero-order valence-electron chi connectivity index (χ0n) is 14.5. The minimum atomic E-state index is 0.112. The predicted octanol–water partition coefficient (Wildman–Crippen LogP) is 5.22. The average molecular weight is 332 g/mol. The maximum Gasteiger partial charge on any atom is 0.136 e. The summed E-state index contributed by atoms with van der Waals surface area (Å²) in [5, 5.41) is 0. The molecule has 0 heterocycles. The Balaban J connectivity index is 1.47. The van der Waals surface area contributed by atoms with E-state index < -0.39 is 0 Å².